The lowest BCUT2D eigenvalue weighted by Gasteiger charge is -2.32. The van der Waals surface area contributed by atoms with E-state index in [4.69, 9.17) is 33.7 Å². The highest BCUT2D eigenvalue weighted by atomic mass is 16.5. The molecule has 1 fully saturated rings. The minimum Gasteiger partial charge on any atom is -0.493 e. The second kappa shape index (κ2) is 13.0. The fourth-order valence-corrected chi connectivity index (χ4v) is 5.39. The minimum atomic E-state index is 0.254. The Kier molecular flexibility index (Phi) is 8.94. The topological polar surface area (TPSA) is 87.2 Å². The van der Waals surface area contributed by atoms with E-state index < -0.39 is 0 Å². The van der Waals surface area contributed by atoms with Crippen LogP contribution in [0.4, 0.5) is 5.95 Å². The predicted molar refractivity (Wildman–Crippen MR) is 161 cm³/mol. The van der Waals surface area contributed by atoms with Gasteiger partial charge in [0.15, 0.2) is 23.0 Å². The fraction of sp³-hybridized carbons (Fsp3) is 0.375. The SMILES string of the molecule is CCOc1cc(CN2CCC(Nc3nc(-c4ccccc4)c4c(OC)c(OC)c(OC)cc4n3)CC2)ccc1OC. The van der Waals surface area contributed by atoms with Gasteiger partial charge in [-0.05, 0) is 37.5 Å². The number of nitrogens with one attached hydrogen (secondary N) is 1. The molecule has 0 radical (unpaired) electrons. The third-order valence-corrected chi connectivity index (χ3v) is 7.39. The van der Waals surface area contributed by atoms with Gasteiger partial charge >= 0.3 is 0 Å². The van der Waals surface area contributed by atoms with Gasteiger partial charge in [-0.15, -0.1) is 0 Å². The monoisotopic (exact) mass is 558 g/mol. The van der Waals surface area contributed by atoms with E-state index in [1.807, 2.05) is 49.4 Å². The van der Waals surface area contributed by atoms with Gasteiger partial charge in [0.05, 0.1) is 51.6 Å². The van der Waals surface area contributed by atoms with Crippen LogP contribution in [0.5, 0.6) is 28.7 Å². The van der Waals surface area contributed by atoms with Crippen molar-refractivity contribution in [1.82, 2.24) is 14.9 Å². The average molecular weight is 559 g/mol. The molecule has 1 N–H and O–H groups in total. The molecule has 0 saturated carbocycles. The van der Waals surface area contributed by atoms with Gasteiger partial charge in [0, 0.05) is 37.3 Å². The summed E-state index contributed by atoms with van der Waals surface area (Å²) in [6.07, 6.45) is 1.96. The molecule has 3 aromatic carbocycles. The molecule has 9 heteroatoms. The standard InChI is InChI=1S/C32H38N4O5/c1-6-41-26-18-21(12-13-25(26)37-2)20-36-16-14-23(15-17-36)33-32-34-24-19-27(38-3)30(39-4)31(40-5)28(24)29(35-32)22-10-8-7-9-11-22/h7-13,18-19,23H,6,14-17,20H2,1-5H3,(H,33,34,35). The third-order valence-electron chi connectivity index (χ3n) is 7.39. The molecular weight excluding hydrogens is 520 g/mol. The van der Waals surface area contributed by atoms with Crippen molar-refractivity contribution in [3.63, 3.8) is 0 Å². The second-order valence-electron chi connectivity index (χ2n) is 9.91. The highest BCUT2D eigenvalue weighted by molar-refractivity contribution is 6.01. The van der Waals surface area contributed by atoms with Gasteiger partial charge in [-0.2, -0.15) is 0 Å². The first-order valence-corrected chi connectivity index (χ1v) is 13.9. The summed E-state index contributed by atoms with van der Waals surface area (Å²) in [5.41, 5.74) is 3.68. The molecule has 4 aromatic rings. The summed E-state index contributed by atoms with van der Waals surface area (Å²) in [6.45, 7) is 5.38. The number of rotatable bonds is 11. The highest BCUT2D eigenvalue weighted by Crippen LogP contribution is 2.46. The number of hydrogen-bond donors (Lipinski definition) is 1. The number of anilines is 1. The van der Waals surface area contributed by atoms with Gasteiger partial charge in [-0.3, -0.25) is 4.90 Å². The molecule has 1 aromatic heterocycles. The van der Waals surface area contributed by atoms with Crippen molar-refractivity contribution >= 4 is 16.9 Å². The molecule has 0 spiro atoms. The number of ether oxygens (including phenoxy) is 5. The number of fused-ring (bicyclic) bond motifs is 1. The molecule has 1 aliphatic heterocycles. The minimum absolute atomic E-state index is 0.254. The molecule has 1 saturated heterocycles. The summed E-state index contributed by atoms with van der Waals surface area (Å²) in [7, 11) is 6.50. The molecular formula is C32H38N4O5. The molecule has 0 unspecified atom stereocenters. The first-order valence-electron chi connectivity index (χ1n) is 13.9. The molecule has 216 valence electrons. The summed E-state index contributed by atoms with van der Waals surface area (Å²) in [6, 6.07) is 18.4. The Hall–Kier alpha value is -4.24. The van der Waals surface area contributed by atoms with Gasteiger partial charge in [0.2, 0.25) is 11.7 Å². The van der Waals surface area contributed by atoms with E-state index in [1.54, 1.807) is 28.4 Å². The quantitative estimate of drug-likeness (QED) is 0.245. The average Bonchev–Trinajstić information content (AvgIpc) is 3.01. The van der Waals surface area contributed by atoms with Crippen LogP contribution in [-0.2, 0) is 6.54 Å². The molecule has 0 aliphatic carbocycles. The van der Waals surface area contributed by atoms with Gasteiger partial charge < -0.3 is 29.0 Å². The zero-order valence-corrected chi connectivity index (χ0v) is 24.4. The molecule has 41 heavy (non-hydrogen) atoms. The third kappa shape index (κ3) is 6.10. The Morgan fingerprint density at radius 1 is 0.805 bits per heavy atom. The number of benzene rings is 3. The van der Waals surface area contributed by atoms with Gasteiger partial charge in [0.25, 0.3) is 0 Å². The van der Waals surface area contributed by atoms with E-state index in [1.165, 1.54) is 5.56 Å². The van der Waals surface area contributed by atoms with Crippen LogP contribution in [0.1, 0.15) is 25.3 Å². The zero-order valence-electron chi connectivity index (χ0n) is 24.4. The molecule has 1 aliphatic rings. The van der Waals surface area contributed by atoms with Crippen molar-refractivity contribution in [2.24, 2.45) is 0 Å². The van der Waals surface area contributed by atoms with Gasteiger partial charge in [0.1, 0.15) is 0 Å². The van der Waals surface area contributed by atoms with E-state index in [-0.39, 0.29) is 6.04 Å². The molecule has 0 amide bonds. The maximum absolute atomic E-state index is 5.81. The van der Waals surface area contributed by atoms with E-state index in [0.29, 0.717) is 29.8 Å². The lowest BCUT2D eigenvalue weighted by atomic mass is 10.0. The number of piperidine rings is 1. The molecule has 0 bridgehead atoms. The number of nitrogens with zero attached hydrogens (tertiary/aromatic N) is 3. The van der Waals surface area contributed by atoms with Crippen LogP contribution in [0.2, 0.25) is 0 Å². The van der Waals surface area contributed by atoms with Crippen LogP contribution < -0.4 is 29.0 Å². The predicted octanol–water partition coefficient (Wildman–Crippen LogP) is 5.81. The lowest BCUT2D eigenvalue weighted by molar-refractivity contribution is 0.210. The van der Waals surface area contributed by atoms with Crippen molar-refractivity contribution in [3.8, 4) is 40.0 Å². The summed E-state index contributed by atoms with van der Waals surface area (Å²) >= 11 is 0. The Morgan fingerprint density at radius 3 is 2.20 bits per heavy atom. The number of methoxy groups -OCH3 is 4. The van der Waals surface area contributed by atoms with Crippen molar-refractivity contribution in [2.75, 3.05) is 53.5 Å². The highest BCUT2D eigenvalue weighted by Gasteiger charge is 2.24. The molecule has 9 nitrogen and oxygen atoms in total. The summed E-state index contributed by atoms with van der Waals surface area (Å²) in [4.78, 5) is 12.4. The van der Waals surface area contributed by atoms with E-state index in [2.05, 4.69) is 22.3 Å². The van der Waals surface area contributed by atoms with E-state index in [0.717, 1.165) is 66.1 Å². The van der Waals surface area contributed by atoms with Crippen molar-refractivity contribution < 1.29 is 23.7 Å². The largest absolute Gasteiger partial charge is 0.493 e. The Bertz CT molecular complexity index is 1470. The Labute approximate surface area is 241 Å². The summed E-state index contributed by atoms with van der Waals surface area (Å²) < 4.78 is 28.3. The summed E-state index contributed by atoms with van der Waals surface area (Å²) in [5, 5.41) is 4.39. The van der Waals surface area contributed by atoms with Gasteiger partial charge in [-0.25, -0.2) is 9.97 Å². The van der Waals surface area contributed by atoms with Crippen molar-refractivity contribution in [2.45, 2.75) is 32.4 Å². The van der Waals surface area contributed by atoms with Crippen molar-refractivity contribution in [3.05, 3.63) is 60.2 Å². The van der Waals surface area contributed by atoms with Crippen LogP contribution >= 0.6 is 0 Å². The van der Waals surface area contributed by atoms with E-state index >= 15 is 0 Å². The molecule has 2 heterocycles. The zero-order chi connectivity index (χ0) is 28.8. The lowest BCUT2D eigenvalue weighted by Crippen LogP contribution is -2.39. The normalized spacial score (nSPS) is 14.1. The number of aromatic nitrogens is 2. The molecule has 0 atom stereocenters. The Morgan fingerprint density at radius 2 is 1.54 bits per heavy atom. The van der Waals surface area contributed by atoms with Crippen LogP contribution in [0.15, 0.2) is 54.6 Å². The number of hydrogen-bond acceptors (Lipinski definition) is 9. The summed E-state index contributed by atoms with van der Waals surface area (Å²) in [5.74, 6) is 3.75. The van der Waals surface area contributed by atoms with Crippen molar-refractivity contribution in [1.29, 1.82) is 0 Å². The maximum atomic E-state index is 5.81. The number of likely N-dealkylation sites (tertiary alicyclic amines) is 1. The molecule has 5 rings (SSSR count). The van der Waals surface area contributed by atoms with Crippen LogP contribution in [-0.4, -0.2) is 69.0 Å². The Balaban J connectivity index is 1.37. The van der Waals surface area contributed by atoms with Gasteiger partial charge in [-0.1, -0.05) is 36.4 Å². The van der Waals surface area contributed by atoms with E-state index in [9.17, 15) is 0 Å². The smallest absolute Gasteiger partial charge is 0.224 e. The fourth-order valence-electron chi connectivity index (χ4n) is 5.39. The second-order valence-corrected chi connectivity index (χ2v) is 9.91. The van der Waals surface area contributed by atoms with Crippen LogP contribution in [0.3, 0.4) is 0 Å². The first kappa shape index (κ1) is 28.3. The van der Waals surface area contributed by atoms with Crippen LogP contribution in [0, 0.1) is 0 Å². The first-order chi connectivity index (χ1) is 20.1. The maximum Gasteiger partial charge on any atom is 0.224 e. The van der Waals surface area contributed by atoms with Crippen LogP contribution in [0.25, 0.3) is 22.2 Å².